The molecular formula is C15H17N3O7. The molecule has 2 amide bonds. The summed E-state index contributed by atoms with van der Waals surface area (Å²) in [5.41, 5.74) is -1.64. The van der Waals surface area contributed by atoms with Crippen LogP contribution in [0.5, 0.6) is 5.75 Å². The Morgan fingerprint density at radius 2 is 2.16 bits per heavy atom. The van der Waals surface area contributed by atoms with Gasteiger partial charge in [-0.1, -0.05) is 6.92 Å². The summed E-state index contributed by atoms with van der Waals surface area (Å²) in [6, 6.07) is 3.71. The lowest BCUT2D eigenvalue weighted by molar-refractivity contribution is -0.384. The van der Waals surface area contributed by atoms with Crippen LogP contribution in [0.2, 0.25) is 0 Å². The molecule has 1 unspecified atom stereocenters. The Kier molecular flexibility index (Phi) is 4.91. The predicted molar refractivity (Wildman–Crippen MR) is 85.4 cm³/mol. The second-order valence-corrected chi connectivity index (χ2v) is 5.72. The molecule has 0 fully saturated rings. The Morgan fingerprint density at radius 1 is 1.48 bits per heavy atom. The SMILES string of the molecule is CCC(C)(NC(=O)CN1C(=O)COc2ccc([N+](=O)[O-])cc21)C(=O)O. The number of carboxylic acid groups (broad SMARTS) is 1. The smallest absolute Gasteiger partial charge is 0.329 e. The first-order chi connectivity index (χ1) is 11.7. The number of fused-ring (bicyclic) bond motifs is 1. The van der Waals surface area contributed by atoms with E-state index >= 15 is 0 Å². The van der Waals surface area contributed by atoms with Crippen LogP contribution in [-0.4, -0.2) is 46.5 Å². The molecule has 2 N–H and O–H groups in total. The highest BCUT2D eigenvalue weighted by Gasteiger charge is 2.35. The average molecular weight is 351 g/mol. The van der Waals surface area contributed by atoms with Crippen LogP contribution in [-0.2, 0) is 14.4 Å². The quantitative estimate of drug-likeness (QED) is 0.567. The Morgan fingerprint density at radius 3 is 2.72 bits per heavy atom. The van der Waals surface area contributed by atoms with Crippen LogP contribution < -0.4 is 15.0 Å². The minimum Gasteiger partial charge on any atom is -0.482 e. The topological polar surface area (TPSA) is 139 Å². The van der Waals surface area contributed by atoms with Gasteiger partial charge in [0.2, 0.25) is 5.91 Å². The van der Waals surface area contributed by atoms with Crippen LogP contribution in [0.15, 0.2) is 18.2 Å². The largest absolute Gasteiger partial charge is 0.482 e. The number of carbonyl (C=O) groups is 3. The van der Waals surface area contributed by atoms with E-state index in [1.54, 1.807) is 6.92 Å². The fourth-order valence-electron chi connectivity index (χ4n) is 2.26. The molecule has 1 atom stereocenters. The number of rotatable bonds is 6. The molecule has 1 aromatic rings. The lowest BCUT2D eigenvalue weighted by Gasteiger charge is -2.30. The van der Waals surface area contributed by atoms with Gasteiger partial charge in [0.1, 0.15) is 17.8 Å². The number of nitrogens with zero attached hydrogens (tertiary/aromatic N) is 2. The van der Waals surface area contributed by atoms with Crippen molar-refractivity contribution in [3.63, 3.8) is 0 Å². The highest BCUT2D eigenvalue weighted by molar-refractivity contribution is 6.03. The molecule has 134 valence electrons. The number of amides is 2. The maximum Gasteiger partial charge on any atom is 0.329 e. The summed E-state index contributed by atoms with van der Waals surface area (Å²) in [6.45, 7) is 2.17. The number of aliphatic carboxylic acids is 1. The number of hydrogen-bond donors (Lipinski definition) is 2. The summed E-state index contributed by atoms with van der Waals surface area (Å²) >= 11 is 0. The molecule has 0 bridgehead atoms. The molecule has 1 aliphatic rings. The van der Waals surface area contributed by atoms with Crippen molar-refractivity contribution in [3.05, 3.63) is 28.3 Å². The Balaban J connectivity index is 2.26. The van der Waals surface area contributed by atoms with Crippen molar-refractivity contribution in [2.45, 2.75) is 25.8 Å². The number of carbonyl (C=O) groups excluding carboxylic acids is 2. The summed E-state index contributed by atoms with van der Waals surface area (Å²) in [4.78, 5) is 46.9. The summed E-state index contributed by atoms with van der Waals surface area (Å²) in [5.74, 6) is -2.22. The zero-order valence-electron chi connectivity index (χ0n) is 13.6. The number of hydrogen-bond acceptors (Lipinski definition) is 6. The minimum absolute atomic E-state index is 0.0918. The van der Waals surface area contributed by atoms with Gasteiger partial charge in [-0.2, -0.15) is 0 Å². The van der Waals surface area contributed by atoms with Crippen LogP contribution in [0.25, 0.3) is 0 Å². The number of carboxylic acids is 1. The third-order valence-electron chi connectivity index (χ3n) is 3.99. The maximum atomic E-state index is 12.2. The molecule has 10 heteroatoms. The number of anilines is 1. The Hall–Kier alpha value is -3.17. The molecule has 0 aliphatic carbocycles. The highest BCUT2D eigenvalue weighted by Crippen LogP contribution is 2.35. The van der Waals surface area contributed by atoms with E-state index in [2.05, 4.69) is 5.32 Å². The third-order valence-corrected chi connectivity index (χ3v) is 3.99. The van der Waals surface area contributed by atoms with Gasteiger partial charge in [-0.15, -0.1) is 0 Å². The van der Waals surface area contributed by atoms with Crippen molar-refractivity contribution < 1.29 is 29.2 Å². The van der Waals surface area contributed by atoms with E-state index in [1.165, 1.54) is 19.1 Å². The average Bonchev–Trinajstić information content (AvgIpc) is 2.56. The predicted octanol–water partition coefficient (Wildman–Crippen LogP) is 0.690. The van der Waals surface area contributed by atoms with E-state index in [0.717, 1.165) is 11.0 Å². The van der Waals surface area contributed by atoms with Crippen molar-refractivity contribution in [1.29, 1.82) is 0 Å². The minimum atomic E-state index is -1.47. The van der Waals surface area contributed by atoms with Gasteiger partial charge >= 0.3 is 5.97 Å². The van der Waals surface area contributed by atoms with E-state index in [0.29, 0.717) is 0 Å². The Labute approximate surface area is 142 Å². The first kappa shape index (κ1) is 18.2. The fourth-order valence-corrected chi connectivity index (χ4v) is 2.26. The van der Waals surface area contributed by atoms with Gasteiger partial charge < -0.3 is 15.2 Å². The molecule has 0 saturated heterocycles. The van der Waals surface area contributed by atoms with Crippen LogP contribution >= 0.6 is 0 Å². The van der Waals surface area contributed by atoms with Crippen LogP contribution in [0.1, 0.15) is 20.3 Å². The number of nitrogens with one attached hydrogen (secondary N) is 1. The molecule has 0 radical (unpaired) electrons. The summed E-state index contributed by atoms with van der Waals surface area (Å²) < 4.78 is 5.20. The van der Waals surface area contributed by atoms with Gasteiger partial charge in [-0.3, -0.25) is 24.6 Å². The van der Waals surface area contributed by atoms with Gasteiger partial charge in [-0.05, 0) is 19.4 Å². The van der Waals surface area contributed by atoms with Crippen molar-refractivity contribution in [2.24, 2.45) is 0 Å². The lowest BCUT2D eigenvalue weighted by Crippen LogP contribution is -2.55. The van der Waals surface area contributed by atoms with Gasteiger partial charge in [0, 0.05) is 12.1 Å². The lowest BCUT2D eigenvalue weighted by atomic mass is 9.99. The second kappa shape index (κ2) is 6.75. The molecule has 1 aliphatic heterocycles. The standard InChI is InChI=1S/C15H17N3O7/c1-3-15(2,14(21)22)16-12(19)7-17-10-6-9(18(23)24)4-5-11(10)25-8-13(17)20/h4-6H,3,7-8H2,1-2H3,(H,16,19)(H,21,22). The van der Waals surface area contributed by atoms with Crippen molar-refractivity contribution >= 4 is 29.2 Å². The normalized spacial score (nSPS) is 15.6. The zero-order chi connectivity index (χ0) is 18.8. The third kappa shape index (κ3) is 3.67. The van der Waals surface area contributed by atoms with Gasteiger partial charge in [0.05, 0.1) is 10.6 Å². The summed E-state index contributed by atoms with van der Waals surface area (Å²) in [5, 5.41) is 22.5. The van der Waals surface area contributed by atoms with E-state index in [4.69, 9.17) is 4.74 Å². The molecule has 2 rings (SSSR count). The Bertz CT molecular complexity index is 749. The maximum absolute atomic E-state index is 12.2. The van der Waals surface area contributed by atoms with Crippen molar-refractivity contribution in [2.75, 3.05) is 18.1 Å². The van der Waals surface area contributed by atoms with E-state index in [1.807, 2.05) is 0 Å². The summed E-state index contributed by atoms with van der Waals surface area (Å²) in [7, 11) is 0. The first-order valence-corrected chi connectivity index (χ1v) is 7.44. The van der Waals surface area contributed by atoms with Gasteiger partial charge in [0.15, 0.2) is 6.61 Å². The molecule has 1 aromatic carbocycles. The molecule has 0 aromatic heterocycles. The fraction of sp³-hybridized carbons (Fsp3) is 0.400. The first-order valence-electron chi connectivity index (χ1n) is 7.44. The molecular weight excluding hydrogens is 334 g/mol. The highest BCUT2D eigenvalue weighted by atomic mass is 16.6. The second-order valence-electron chi connectivity index (χ2n) is 5.72. The number of nitro benzene ring substituents is 1. The van der Waals surface area contributed by atoms with Crippen LogP contribution in [0.3, 0.4) is 0 Å². The molecule has 10 nitrogen and oxygen atoms in total. The molecule has 25 heavy (non-hydrogen) atoms. The molecule has 0 spiro atoms. The van der Waals surface area contributed by atoms with E-state index in [-0.39, 0.29) is 30.2 Å². The number of nitro groups is 1. The number of ether oxygens (including phenoxy) is 1. The number of non-ortho nitro benzene ring substituents is 1. The van der Waals surface area contributed by atoms with E-state index in [9.17, 15) is 29.6 Å². The molecule has 1 heterocycles. The zero-order valence-corrected chi connectivity index (χ0v) is 13.6. The van der Waals surface area contributed by atoms with Crippen molar-refractivity contribution in [1.82, 2.24) is 5.32 Å². The van der Waals surface area contributed by atoms with E-state index < -0.39 is 34.8 Å². The van der Waals surface area contributed by atoms with Gasteiger partial charge in [-0.25, -0.2) is 4.79 Å². The van der Waals surface area contributed by atoms with Crippen molar-refractivity contribution in [3.8, 4) is 5.75 Å². The van der Waals surface area contributed by atoms with Crippen LogP contribution in [0, 0.1) is 10.1 Å². The van der Waals surface area contributed by atoms with Crippen LogP contribution in [0.4, 0.5) is 11.4 Å². The number of benzene rings is 1. The summed E-state index contributed by atoms with van der Waals surface area (Å²) in [6.07, 6.45) is 0.146. The van der Waals surface area contributed by atoms with Gasteiger partial charge in [0.25, 0.3) is 11.6 Å². The monoisotopic (exact) mass is 351 g/mol. The molecule has 0 saturated carbocycles.